The van der Waals surface area contributed by atoms with Crippen molar-refractivity contribution in [3.63, 3.8) is 0 Å². The molecule has 0 unspecified atom stereocenters. The molecule has 0 spiro atoms. The highest BCUT2D eigenvalue weighted by Gasteiger charge is 2.47. The van der Waals surface area contributed by atoms with E-state index < -0.39 is 24.2 Å². The second-order valence-electron chi connectivity index (χ2n) is 6.72. The van der Waals surface area contributed by atoms with Gasteiger partial charge in [0.1, 0.15) is 5.82 Å². The summed E-state index contributed by atoms with van der Waals surface area (Å²) in [6.45, 7) is 2.40. The molecule has 3 heterocycles. The van der Waals surface area contributed by atoms with Crippen LogP contribution in [0.1, 0.15) is 47.9 Å². The van der Waals surface area contributed by atoms with Crippen molar-refractivity contribution in [2.24, 2.45) is 0 Å². The zero-order valence-corrected chi connectivity index (χ0v) is 15.0. The molecule has 1 amide bonds. The van der Waals surface area contributed by atoms with Gasteiger partial charge in [0.25, 0.3) is 5.91 Å². The fourth-order valence-corrected chi connectivity index (χ4v) is 3.36. The Balaban J connectivity index is 1.66. The van der Waals surface area contributed by atoms with Crippen LogP contribution in [-0.2, 0) is 0 Å². The van der Waals surface area contributed by atoms with Gasteiger partial charge in [-0.05, 0) is 24.1 Å². The Morgan fingerprint density at radius 2 is 2.11 bits per heavy atom. The quantitative estimate of drug-likeness (QED) is 0.828. The number of amides is 1. The zero-order valence-electron chi connectivity index (χ0n) is 15.0. The van der Waals surface area contributed by atoms with Crippen molar-refractivity contribution >= 4 is 11.7 Å². The Bertz CT molecular complexity index is 897. The van der Waals surface area contributed by atoms with Gasteiger partial charge in [-0.25, -0.2) is 4.68 Å². The number of rotatable bonds is 4. The van der Waals surface area contributed by atoms with Crippen LogP contribution in [0.3, 0.4) is 0 Å². The number of carbonyl (C=O) groups is 1. The molecule has 1 aromatic carbocycles. The predicted molar refractivity (Wildman–Crippen MR) is 93.5 cm³/mol. The third-order valence-electron chi connectivity index (χ3n) is 4.76. The average Bonchev–Trinajstić information content (AvgIpc) is 3.30. The second kappa shape index (κ2) is 6.92. The van der Waals surface area contributed by atoms with Gasteiger partial charge in [-0.15, -0.1) is 0 Å². The maximum Gasteiger partial charge on any atom is 0.410 e. The lowest BCUT2D eigenvalue weighted by Crippen LogP contribution is -2.35. The Kier molecular flexibility index (Phi) is 4.56. The number of nitrogens with zero attached hydrogens (tertiary/aromatic N) is 2. The molecule has 2 aliphatic rings. The van der Waals surface area contributed by atoms with E-state index in [1.165, 1.54) is 6.07 Å². The number of hydrogen-bond donors (Lipinski definition) is 2. The molecular formula is C18H19F3N4O3. The van der Waals surface area contributed by atoms with Crippen molar-refractivity contribution in [2.75, 3.05) is 18.7 Å². The Morgan fingerprint density at radius 1 is 1.32 bits per heavy atom. The molecule has 0 aliphatic carbocycles. The minimum absolute atomic E-state index is 0.0449. The molecule has 0 radical (unpaired) electrons. The summed E-state index contributed by atoms with van der Waals surface area (Å²) in [5.74, 6) is 0.720. The van der Waals surface area contributed by atoms with Gasteiger partial charge >= 0.3 is 6.18 Å². The van der Waals surface area contributed by atoms with Crippen LogP contribution in [0.2, 0.25) is 0 Å². The van der Waals surface area contributed by atoms with E-state index >= 15 is 0 Å². The van der Waals surface area contributed by atoms with E-state index in [1.807, 2.05) is 6.92 Å². The lowest BCUT2D eigenvalue weighted by atomic mass is 9.96. The van der Waals surface area contributed by atoms with Gasteiger partial charge in [0.05, 0.1) is 6.04 Å². The summed E-state index contributed by atoms with van der Waals surface area (Å²) >= 11 is 0. The SMILES string of the molecule is CCCNC(=O)c1cc2n(n1)[C@H](C(F)(F)F)C[C@@H](c1ccc3c(c1)OCO3)N2. The first kappa shape index (κ1) is 18.5. The topological polar surface area (TPSA) is 77.4 Å². The maximum atomic E-state index is 13.7. The summed E-state index contributed by atoms with van der Waals surface area (Å²) in [6, 6.07) is 3.96. The molecule has 150 valence electrons. The zero-order chi connectivity index (χ0) is 19.9. The van der Waals surface area contributed by atoms with Crippen LogP contribution < -0.4 is 20.1 Å². The summed E-state index contributed by atoms with van der Waals surface area (Å²) in [5, 5.41) is 9.61. The molecule has 1 aromatic heterocycles. The summed E-state index contributed by atoms with van der Waals surface area (Å²) in [4.78, 5) is 12.1. The van der Waals surface area contributed by atoms with Crippen molar-refractivity contribution in [2.45, 2.75) is 38.0 Å². The van der Waals surface area contributed by atoms with E-state index in [1.54, 1.807) is 18.2 Å². The monoisotopic (exact) mass is 396 g/mol. The van der Waals surface area contributed by atoms with Crippen LogP contribution in [0.4, 0.5) is 19.0 Å². The Labute approximate surface area is 158 Å². The molecule has 28 heavy (non-hydrogen) atoms. The standard InChI is InChI=1S/C18H19F3N4O3/c1-2-5-22-17(26)12-8-16-23-11(7-15(18(19,20)21)25(16)24-12)10-3-4-13-14(6-10)28-9-27-13/h3-4,6,8,11,15,23H,2,5,7,9H2,1H3,(H,22,26)/t11-,15-/m0/s1. The van der Waals surface area contributed by atoms with E-state index in [0.717, 1.165) is 11.1 Å². The number of alkyl halides is 3. The summed E-state index contributed by atoms with van der Waals surface area (Å²) in [7, 11) is 0. The van der Waals surface area contributed by atoms with Gasteiger partial charge < -0.3 is 20.1 Å². The Morgan fingerprint density at radius 3 is 2.86 bits per heavy atom. The van der Waals surface area contributed by atoms with Gasteiger partial charge in [-0.2, -0.15) is 18.3 Å². The molecule has 2 aromatic rings. The highest BCUT2D eigenvalue weighted by atomic mass is 19.4. The summed E-state index contributed by atoms with van der Waals surface area (Å²) < 4.78 is 52.6. The summed E-state index contributed by atoms with van der Waals surface area (Å²) in [6.07, 6.45) is -4.04. The molecule has 2 N–H and O–H groups in total. The lowest BCUT2D eigenvalue weighted by Gasteiger charge is -2.33. The van der Waals surface area contributed by atoms with E-state index in [9.17, 15) is 18.0 Å². The van der Waals surface area contributed by atoms with Crippen LogP contribution in [0, 0.1) is 0 Å². The van der Waals surface area contributed by atoms with E-state index in [4.69, 9.17) is 9.47 Å². The third kappa shape index (κ3) is 3.34. The van der Waals surface area contributed by atoms with Gasteiger partial charge in [0.2, 0.25) is 6.79 Å². The largest absolute Gasteiger partial charge is 0.454 e. The Hall–Kier alpha value is -2.91. The van der Waals surface area contributed by atoms with Crippen molar-refractivity contribution in [3.05, 3.63) is 35.5 Å². The minimum Gasteiger partial charge on any atom is -0.454 e. The fourth-order valence-electron chi connectivity index (χ4n) is 3.36. The minimum atomic E-state index is -4.51. The van der Waals surface area contributed by atoms with Crippen LogP contribution in [-0.4, -0.2) is 35.2 Å². The molecule has 2 aliphatic heterocycles. The van der Waals surface area contributed by atoms with Gasteiger partial charge in [-0.1, -0.05) is 13.0 Å². The first-order chi connectivity index (χ1) is 13.4. The number of nitrogens with one attached hydrogen (secondary N) is 2. The van der Waals surface area contributed by atoms with Gasteiger partial charge in [-0.3, -0.25) is 4.79 Å². The first-order valence-corrected chi connectivity index (χ1v) is 8.97. The maximum absolute atomic E-state index is 13.7. The number of carbonyl (C=O) groups excluding carboxylic acids is 1. The molecule has 0 fully saturated rings. The molecule has 4 rings (SSSR count). The fraction of sp³-hybridized carbons (Fsp3) is 0.444. The van der Waals surface area contributed by atoms with E-state index in [0.29, 0.717) is 23.6 Å². The molecule has 0 saturated carbocycles. The lowest BCUT2D eigenvalue weighted by molar-refractivity contribution is -0.173. The average molecular weight is 396 g/mol. The highest BCUT2D eigenvalue weighted by Crippen LogP contribution is 2.45. The van der Waals surface area contributed by atoms with Gasteiger partial charge in [0.15, 0.2) is 23.2 Å². The second-order valence-corrected chi connectivity index (χ2v) is 6.72. The van der Waals surface area contributed by atoms with Crippen LogP contribution in [0.15, 0.2) is 24.3 Å². The molecular weight excluding hydrogens is 377 g/mol. The summed E-state index contributed by atoms with van der Waals surface area (Å²) in [5.41, 5.74) is 0.597. The number of hydrogen-bond acceptors (Lipinski definition) is 5. The van der Waals surface area contributed by atoms with E-state index in [2.05, 4.69) is 15.7 Å². The molecule has 7 nitrogen and oxygen atoms in total. The predicted octanol–water partition coefficient (Wildman–Crippen LogP) is 3.41. The number of fused-ring (bicyclic) bond motifs is 2. The van der Waals surface area contributed by atoms with Crippen LogP contribution in [0.25, 0.3) is 0 Å². The molecule has 2 atom stereocenters. The highest BCUT2D eigenvalue weighted by molar-refractivity contribution is 5.93. The van der Waals surface area contributed by atoms with Crippen molar-refractivity contribution < 1.29 is 27.4 Å². The number of anilines is 1. The number of benzene rings is 1. The number of aromatic nitrogens is 2. The smallest absolute Gasteiger partial charge is 0.410 e. The van der Waals surface area contributed by atoms with E-state index in [-0.39, 0.29) is 24.7 Å². The molecule has 0 bridgehead atoms. The number of halogens is 3. The van der Waals surface area contributed by atoms with Crippen molar-refractivity contribution in [3.8, 4) is 11.5 Å². The first-order valence-electron chi connectivity index (χ1n) is 8.97. The van der Waals surface area contributed by atoms with Crippen molar-refractivity contribution in [1.82, 2.24) is 15.1 Å². The normalized spacial score (nSPS) is 20.4. The van der Waals surface area contributed by atoms with Crippen LogP contribution in [0.5, 0.6) is 11.5 Å². The molecule has 10 heteroatoms. The van der Waals surface area contributed by atoms with Crippen molar-refractivity contribution in [1.29, 1.82) is 0 Å². The molecule has 0 saturated heterocycles. The van der Waals surface area contributed by atoms with Crippen LogP contribution >= 0.6 is 0 Å². The number of ether oxygens (including phenoxy) is 2. The third-order valence-corrected chi connectivity index (χ3v) is 4.76. The van der Waals surface area contributed by atoms with Gasteiger partial charge in [0, 0.05) is 19.0 Å².